The zero-order valence-electron chi connectivity index (χ0n) is 25.4. The maximum atomic E-state index is 13.8. The van der Waals surface area contributed by atoms with Crippen LogP contribution in [0, 0.1) is 56.7 Å². The second-order valence-corrected chi connectivity index (χ2v) is 15.8. The molecule has 3 N–H and O–H groups in total. The van der Waals surface area contributed by atoms with Crippen molar-refractivity contribution in [1.29, 1.82) is 0 Å². The number of hydrogen-bond donors (Lipinski definition) is 3. The summed E-state index contributed by atoms with van der Waals surface area (Å²) in [6.45, 7) is 19.9. The minimum absolute atomic E-state index is 0.00343. The molecule has 0 aliphatic heterocycles. The van der Waals surface area contributed by atoms with E-state index in [9.17, 15) is 20.1 Å². The molecule has 12 atom stereocenters. The summed E-state index contributed by atoms with van der Waals surface area (Å²) in [6, 6.07) is 0. The third-order valence-corrected chi connectivity index (χ3v) is 13.9. The van der Waals surface area contributed by atoms with Crippen molar-refractivity contribution in [2.75, 3.05) is 0 Å². The van der Waals surface area contributed by atoms with Crippen molar-refractivity contribution in [2.45, 2.75) is 132 Å². The van der Waals surface area contributed by atoms with Gasteiger partial charge in [0.1, 0.15) is 6.10 Å². The molecule has 0 unspecified atom stereocenters. The molecule has 5 aliphatic carbocycles. The van der Waals surface area contributed by atoms with Crippen LogP contribution in [0.25, 0.3) is 0 Å². The van der Waals surface area contributed by atoms with Crippen molar-refractivity contribution in [3.8, 4) is 0 Å². The van der Waals surface area contributed by atoms with Crippen LogP contribution in [0.5, 0.6) is 0 Å². The van der Waals surface area contributed by atoms with Gasteiger partial charge in [0, 0.05) is 5.41 Å². The molecule has 0 radical (unpaired) electrons. The Hall–Kier alpha value is -0.910. The van der Waals surface area contributed by atoms with E-state index >= 15 is 0 Å². The standard InChI is InChI=1S/C33H54O5/c1-18(2)38-28(37)33-15-12-19(3)20(4)24(33)21-10-11-23-31(8,30(21,7)16-17-33)14-13-22-29(5,6)26(35)25(34)27(36)32(22,23)9/h10,18-20,22-27,34-36H,11-17H2,1-9H3/t19-,20+,22+,23+,24+,25-,26+,27+,30-,31-,32+,33+/m1/s1. The third-order valence-electron chi connectivity index (χ3n) is 13.9. The Morgan fingerprint density at radius 2 is 1.58 bits per heavy atom. The van der Waals surface area contributed by atoms with Crippen LogP contribution in [0.2, 0.25) is 0 Å². The van der Waals surface area contributed by atoms with E-state index in [0.717, 1.165) is 44.9 Å². The van der Waals surface area contributed by atoms with Gasteiger partial charge in [0.15, 0.2) is 0 Å². The second-order valence-electron chi connectivity index (χ2n) is 15.8. The first-order chi connectivity index (χ1) is 17.5. The Morgan fingerprint density at radius 1 is 0.921 bits per heavy atom. The summed E-state index contributed by atoms with van der Waals surface area (Å²) in [4.78, 5) is 13.8. The highest BCUT2D eigenvalue weighted by atomic mass is 16.5. The first kappa shape index (κ1) is 28.6. The molecule has 0 aromatic heterocycles. The lowest BCUT2D eigenvalue weighted by molar-refractivity contribution is -0.278. The van der Waals surface area contributed by atoms with E-state index in [1.54, 1.807) is 0 Å². The smallest absolute Gasteiger partial charge is 0.312 e. The summed E-state index contributed by atoms with van der Waals surface area (Å²) in [7, 11) is 0. The molecule has 5 rings (SSSR count). The molecule has 0 spiro atoms. The molecular weight excluding hydrogens is 476 g/mol. The molecular formula is C33H54O5. The number of esters is 1. The molecule has 4 fully saturated rings. The topological polar surface area (TPSA) is 87.0 Å². The van der Waals surface area contributed by atoms with Gasteiger partial charge in [-0.3, -0.25) is 4.79 Å². The van der Waals surface area contributed by atoms with Crippen molar-refractivity contribution < 1.29 is 24.9 Å². The zero-order chi connectivity index (χ0) is 28.2. The number of hydrogen-bond acceptors (Lipinski definition) is 5. The Kier molecular flexibility index (Phi) is 6.62. The van der Waals surface area contributed by atoms with E-state index in [0.29, 0.717) is 11.8 Å². The van der Waals surface area contributed by atoms with Crippen LogP contribution >= 0.6 is 0 Å². The molecule has 0 aromatic rings. The summed E-state index contributed by atoms with van der Waals surface area (Å²) < 4.78 is 5.97. The van der Waals surface area contributed by atoms with Crippen LogP contribution in [-0.2, 0) is 9.53 Å². The van der Waals surface area contributed by atoms with Crippen LogP contribution in [0.1, 0.15) is 107 Å². The van der Waals surface area contributed by atoms with E-state index in [1.807, 2.05) is 13.8 Å². The number of aliphatic hydroxyl groups is 3. The highest BCUT2D eigenvalue weighted by molar-refractivity contribution is 5.79. The van der Waals surface area contributed by atoms with Gasteiger partial charge in [-0.15, -0.1) is 0 Å². The van der Waals surface area contributed by atoms with Crippen LogP contribution < -0.4 is 0 Å². The van der Waals surface area contributed by atoms with Crippen LogP contribution in [0.3, 0.4) is 0 Å². The fourth-order valence-electron chi connectivity index (χ4n) is 11.2. The van der Waals surface area contributed by atoms with Crippen LogP contribution in [0.4, 0.5) is 0 Å². The molecule has 0 amide bonds. The molecule has 0 saturated heterocycles. The van der Waals surface area contributed by atoms with Gasteiger partial charge in [-0.2, -0.15) is 0 Å². The van der Waals surface area contributed by atoms with Crippen molar-refractivity contribution in [3.05, 3.63) is 11.6 Å². The fraction of sp³-hybridized carbons (Fsp3) is 0.909. The van der Waals surface area contributed by atoms with E-state index in [-0.39, 0.29) is 40.7 Å². The minimum atomic E-state index is -1.14. The lowest BCUT2D eigenvalue weighted by atomic mass is 9.33. The summed E-state index contributed by atoms with van der Waals surface area (Å²) in [5.41, 5.74) is -0.123. The Balaban J connectivity index is 1.63. The highest BCUT2D eigenvalue weighted by Gasteiger charge is 2.72. The summed E-state index contributed by atoms with van der Waals surface area (Å²) >= 11 is 0. The number of rotatable bonds is 2. The fourth-order valence-corrected chi connectivity index (χ4v) is 11.2. The predicted octanol–water partition coefficient (Wildman–Crippen LogP) is 5.90. The molecule has 5 nitrogen and oxygen atoms in total. The van der Waals surface area contributed by atoms with Crippen LogP contribution in [-0.4, -0.2) is 45.7 Å². The summed E-state index contributed by atoms with van der Waals surface area (Å²) in [5.74, 6) is 1.45. The van der Waals surface area contributed by atoms with Gasteiger partial charge in [0.05, 0.1) is 23.7 Å². The Morgan fingerprint density at radius 3 is 2.21 bits per heavy atom. The number of carbonyl (C=O) groups is 1. The maximum Gasteiger partial charge on any atom is 0.312 e. The lowest BCUT2D eigenvalue weighted by Gasteiger charge is -2.72. The van der Waals surface area contributed by atoms with Gasteiger partial charge in [0.25, 0.3) is 0 Å². The first-order valence-corrected chi connectivity index (χ1v) is 15.5. The van der Waals surface area contributed by atoms with Crippen molar-refractivity contribution in [2.24, 2.45) is 56.7 Å². The zero-order valence-corrected chi connectivity index (χ0v) is 25.4. The maximum absolute atomic E-state index is 13.8. The first-order valence-electron chi connectivity index (χ1n) is 15.5. The number of allylic oxidation sites excluding steroid dienone is 2. The van der Waals surface area contributed by atoms with Crippen molar-refractivity contribution in [1.82, 2.24) is 0 Å². The second kappa shape index (κ2) is 8.79. The molecule has 216 valence electrons. The van der Waals surface area contributed by atoms with Gasteiger partial charge in [-0.25, -0.2) is 0 Å². The van der Waals surface area contributed by atoms with Crippen LogP contribution in [0.15, 0.2) is 11.6 Å². The van der Waals surface area contributed by atoms with E-state index < -0.39 is 34.6 Å². The normalized spacial score (nSPS) is 53.7. The molecule has 5 heteroatoms. The monoisotopic (exact) mass is 530 g/mol. The number of aliphatic hydroxyl groups excluding tert-OH is 3. The van der Waals surface area contributed by atoms with Gasteiger partial charge in [-0.1, -0.05) is 60.1 Å². The molecule has 5 aliphatic rings. The van der Waals surface area contributed by atoms with Gasteiger partial charge in [0.2, 0.25) is 0 Å². The number of fused-ring (bicyclic) bond motifs is 7. The SMILES string of the molecule is CC(C)OC(=O)[C@]12CC[C@@H](C)[C@H](C)[C@H]1C1=CC[C@@H]3[C@@]4(C)[C@@H](O)[C@H](O)[C@H](O)C(C)(C)[C@@H]4CC[C@@]3(C)[C@]1(C)CC2. The molecule has 4 saturated carbocycles. The van der Waals surface area contributed by atoms with Crippen molar-refractivity contribution in [3.63, 3.8) is 0 Å². The lowest BCUT2D eigenvalue weighted by Crippen LogP contribution is -2.72. The van der Waals surface area contributed by atoms with E-state index in [2.05, 4.69) is 54.5 Å². The quantitative estimate of drug-likeness (QED) is 0.306. The van der Waals surface area contributed by atoms with Gasteiger partial charge < -0.3 is 20.1 Å². The largest absolute Gasteiger partial charge is 0.463 e. The Bertz CT molecular complexity index is 1000. The number of carbonyl (C=O) groups excluding carboxylic acids is 1. The van der Waals surface area contributed by atoms with E-state index in [4.69, 9.17) is 4.74 Å². The van der Waals surface area contributed by atoms with Crippen molar-refractivity contribution >= 4 is 5.97 Å². The van der Waals surface area contributed by atoms with E-state index in [1.165, 1.54) is 5.57 Å². The van der Waals surface area contributed by atoms with Gasteiger partial charge in [-0.05, 0) is 105 Å². The Labute approximate surface area is 230 Å². The number of ether oxygens (including phenoxy) is 1. The summed E-state index contributed by atoms with van der Waals surface area (Å²) in [6.07, 6.45) is 5.88. The molecule has 0 aromatic carbocycles. The predicted molar refractivity (Wildman–Crippen MR) is 149 cm³/mol. The minimum Gasteiger partial charge on any atom is -0.463 e. The third kappa shape index (κ3) is 3.36. The molecule has 0 bridgehead atoms. The highest BCUT2D eigenvalue weighted by Crippen LogP contribution is 2.75. The molecule has 38 heavy (non-hydrogen) atoms. The summed E-state index contributed by atoms with van der Waals surface area (Å²) in [5, 5.41) is 33.7. The van der Waals surface area contributed by atoms with Gasteiger partial charge >= 0.3 is 5.97 Å². The average Bonchev–Trinajstić information content (AvgIpc) is 2.84. The average molecular weight is 531 g/mol. The molecule has 0 heterocycles.